The Morgan fingerprint density at radius 3 is 2.39 bits per heavy atom. The van der Waals surface area contributed by atoms with Gasteiger partial charge in [0.1, 0.15) is 12.4 Å². The van der Waals surface area contributed by atoms with Crippen molar-refractivity contribution in [3.8, 4) is 5.75 Å². The molecule has 28 heavy (non-hydrogen) atoms. The first-order valence-electron chi connectivity index (χ1n) is 10.8. The lowest BCUT2D eigenvalue weighted by atomic mass is 9.53. The Kier molecular flexibility index (Phi) is 4.88. The smallest absolute Gasteiger partial charge is 0.124 e. The number of hydrogen-bond acceptors (Lipinski definition) is 2. The van der Waals surface area contributed by atoms with Crippen molar-refractivity contribution in [2.75, 3.05) is 0 Å². The van der Waals surface area contributed by atoms with Crippen LogP contribution in [0, 0.1) is 24.7 Å². The molecule has 4 bridgehead atoms. The van der Waals surface area contributed by atoms with Crippen LogP contribution in [0.4, 0.5) is 0 Å². The van der Waals surface area contributed by atoms with E-state index in [0.29, 0.717) is 12.1 Å². The van der Waals surface area contributed by atoms with Crippen LogP contribution >= 0.6 is 11.6 Å². The van der Waals surface area contributed by atoms with E-state index in [1.54, 1.807) is 0 Å². The first-order valence-corrected chi connectivity index (χ1v) is 11.2. The van der Waals surface area contributed by atoms with E-state index in [1.165, 1.54) is 55.2 Å². The van der Waals surface area contributed by atoms with Crippen LogP contribution in [0.25, 0.3) is 0 Å². The van der Waals surface area contributed by atoms with Crippen molar-refractivity contribution in [1.29, 1.82) is 0 Å². The minimum Gasteiger partial charge on any atom is -0.489 e. The van der Waals surface area contributed by atoms with Crippen LogP contribution in [-0.2, 0) is 13.2 Å². The molecule has 0 aromatic heterocycles. The van der Waals surface area contributed by atoms with Crippen LogP contribution in [-0.4, -0.2) is 5.54 Å². The van der Waals surface area contributed by atoms with Crippen molar-refractivity contribution in [3.05, 3.63) is 64.2 Å². The van der Waals surface area contributed by atoms with E-state index in [0.717, 1.165) is 35.1 Å². The van der Waals surface area contributed by atoms with Gasteiger partial charge in [-0.3, -0.25) is 0 Å². The zero-order valence-electron chi connectivity index (χ0n) is 16.7. The largest absolute Gasteiger partial charge is 0.489 e. The maximum Gasteiger partial charge on any atom is 0.124 e. The molecule has 3 heteroatoms. The molecule has 148 valence electrons. The van der Waals surface area contributed by atoms with Crippen LogP contribution in [0.3, 0.4) is 0 Å². The van der Waals surface area contributed by atoms with Gasteiger partial charge in [-0.15, -0.1) is 0 Å². The van der Waals surface area contributed by atoms with Gasteiger partial charge in [0, 0.05) is 22.7 Å². The van der Waals surface area contributed by atoms with Gasteiger partial charge in [0.25, 0.3) is 0 Å². The molecule has 6 rings (SSSR count). The van der Waals surface area contributed by atoms with Crippen molar-refractivity contribution >= 4 is 11.6 Å². The van der Waals surface area contributed by atoms with Gasteiger partial charge >= 0.3 is 0 Å². The fourth-order valence-corrected chi connectivity index (χ4v) is 6.59. The topological polar surface area (TPSA) is 21.3 Å². The SMILES string of the molecule is Cc1cccc(COc2ccc(Cl)cc2CNC23CC4CC(CC(C4)C2)C3)c1. The van der Waals surface area contributed by atoms with Crippen LogP contribution in [0.15, 0.2) is 42.5 Å². The Bertz CT molecular complexity index is 826. The lowest BCUT2D eigenvalue weighted by molar-refractivity contribution is -0.0206. The third kappa shape index (κ3) is 3.82. The van der Waals surface area contributed by atoms with Gasteiger partial charge in [-0.05, 0) is 87.0 Å². The maximum absolute atomic E-state index is 6.33. The van der Waals surface area contributed by atoms with Gasteiger partial charge in [0.05, 0.1) is 0 Å². The highest BCUT2D eigenvalue weighted by atomic mass is 35.5. The number of ether oxygens (including phenoxy) is 1. The molecule has 4 saturated carbocycles. The molecular formula is C25H30ClNO. The molecule has 0 heterocycles. The second kappa shape index (κ2) is 7.39. The summed E-state index contributed by atoms with van der Waals surface area (Å²) in [6, 6.07) is 14.5. The number of nitrogens with one attached hydrogen (secondary N) is 1. The van der Waals surface area contributed by atoms with Gasteiger partial charge in [0.2, 0.25) is 0 Å². The van der Waals surface area contributed by atoms with E-state index >= 15 is 0 Å². The number of aryl methyl sites for hydroxylation is 1. The summed E-state index contributed by atoms with van der Waals surface area (Å²) in [5.74, 6) is 3.81. The predicted molar refractivity (Wildman–Crippen MR) is 115 cm³/mol. The van der Waals surface area contributed by atoms with E-state index < -0.39 is 0 Å². The summed E-state index contributed by atoms with van der Waals surface area (Å²) in [4.78, 5) is 0. The Morgan fingerprint density at radius 2 is 1.71 bits per heavy atom. The summed E-state index contributed by atoms with van der Waals surface area (Å²) >= 11 is 6.33. The molecule has 4 aliphatic rings. The molecule has 0 amide bonds. The molecular weight excluding hydrogens is 366 g/mol. The first-order chi connectivity index (χ1) is 13.6. The van der Waals surface area contributed by atoms with Crippen LogP contribution in [0.1, 0.15) is 55.2 Å². The molecule has 4 fully saturated rings. The molecule has 0 unspecified atom stereocenters. The summed E-state index contributed by atoms with van der Waals surface area (Å²) in [6.07, 6.45) is 8.51. The Morgan fingerprint density at radius 1 is 1.00 bits per heavy atom. The van der Waals surface area contributed by atoms with Crippen LogP contribution < -0.4 is 10.1 Å². The predicted octanol–water partition coefficient (Wildman–Crippen LogP) is 6.29. The molecule has 2 nitrogen and oxygen atoms in total. The van der Waals surface area contributed by atoms with E-state index in [4.69, 9.17) is 16.3 Å². The van der Waals surface area contributed by atoms with Crippen molar-refractivity contribution in [1.82, 2.24) is 5.32 Å². The number of benzene rings is 2. The fourth-order valence-electron chi connectivity index (χ4n) is 6.40. The van der Waals surface area contributed by atoms with E-state index in [2.05, 4.69) is 42.6 Å². The average Bonchev–Trinajstić information content (AvgIpc) is 2.65. The van der Waals surface area contributed by atoms with E-state index in [9.17, 15) is 0 Å². The monoisotopic (exact) mass is 395 g/mol. The minimum atomic E-state index is 0.352. The van der Waals surface area contributed by atoms with Gasteiger partial charge in [-0.25, -0.2) is 0 Å². The molecule has 0 saturated heterocycles. The van der Waals surface area contributed by atoms with E-state index in [1.807, 2.05) is 12.1 Å². The highest BCUT2D eigenvalue weighted by Gasteiger charge is 2.50. The summed E-state index contributed by atoms with van der Waals surface area (Å²) in [5.41, 5.74) is 4.00. The van der Waals surface area contributed by atoms with Gasteiger partial charge < -0.3 is 10.1 Å². The Labute approximate surface area is 173 Å². The molecule has 1 N–H and O–H groups in total. The highest BCUT2D eigenvalue weighted by molar-refractivity contribution is 6.30. The lowest BCUT2D eigenvalue weighted by Gasteiger charge is -2.57. The first kappa shape index (κ1) is 18.5. The quantitative estimate of drug-likeness (QED) is 0.620. The number of halogens is 1. The number of hydrogen-bond donors (Lipinski definition) is 1. The molecule has 4 aliphatic carbocycles. The highest BCUT2D eigenvalue weighted by Crippen LogP contribution is 2.55. The third-order valence-corrected chi connectivity index (χ3v) is 7.43. The number of rotatable bonds is 6. The van der Waals surface area contributed by atoms with Crippen LogP contribution in [0.5, 0.6) is 5.75 Å². The summed E-state index contributed by atoms with van der Waals surface area (Å²) < 4.78 is 6.21. The second-order valence-corrected chi connectivity index (χ2v) is 10.0. The van der Waals surface area contributed by atoms with Gasteiger partial charge in [-0.2, -0.15) is 0 Å². The summed E-state index contributed by atoms with van der Waals surface area (Å²) in [6.45, 7) is 3.55. The minimum absolute atomic E-state index is 0.352. The zero-order chi connectivity index (χ0) is 19.1. The normalized spacial score (nSPS) is 30.6. The second-order valence-electron chi connectivity index (χ2n) is 9.58. The molecule has 0 radical (unpaired) electrons. The van der Waals surface area contributed by atoms with Crippen LogP contribution in [0.2, 0.25) is 5.02 Å². The molecule has 0 aliphatic heterocycles. The molecule has 0 spiro atoms. The average molecular weight is 396 g/mol. The van der Waals surface area contributed by atoms with E-state index in [-0.39, 0.29) is 0 Å². The van der Waals surface area contributed by atoms with Gasteiger partial charge in [0.15, 0.2) is 0 Å². The summed E-state index contributed by atoms with van der Waals surface area (Å²) in [7, 11) is 0. The molecule has 2 aromatic carbocycles. The summed E-state index contributed by atoms with van der Waals surface area (Å²) in [5, 5.41) is 4.76. The third-order valence-electron chi connectivity index (χ3n) is 7.19. The Balaban J connectivity index is 1.29. The standard InChI is InChI=1S/C25H30ClNO/c1-17-3-2-4-18(7-17)16-28-24-6-5-23(26)11-22(24)15-27-25-12-19-8-20(13-25)10-21(9-19)14-25/h2-7,11,19-21,27H,8-10,12-16H2,1H3. The lowest BCUT2D eigenvalue weighted by Crippen LogP contribution is -2.58. The van der Waals surface area contributed by atoms with Crippen molar-refractivity contribution in [2.45, 2.75) is 64.1 Å². The van der Waals surface area contributed by atoms with Crippen molar-refractivity contribution < 1.29 is 4.74 Å². The van der Waals surface area contributed by atoms with Crippen molar-refractivity contribution in [3.63, 3.8) is 0 Å². The van der Waals surface area contributed by atoms with Gasteiger partial charge in [-0.1, -0.05) is 41.4 Å². The Hall–Kier alpha value is -1.51. The molecule has 0 atom stereocenters. The molecule has 2 aromatic rings. The van der Waals surface area contributed by atoms with Crippen molar-refractivity contribution in [2.24, 2.45) is 17.8 Å². The zero-order valence-corrected chi connectivity index (χ0v) is 17.5. The fraction of sp³-hybridized carbons (Fsp3) is 0.520. The maximum atomic E-state index is 6.33.